The fourth-order valence-corrected chi connectivity index (χ4v) is 6.31. The normalized spacial score (nSPS) is 22.8. The van der Waals surface area contributed by atoms with Crippen molar-refractivity contribution in [3.05, 3.63) is 28.2 Å². The summed E-state index contributed by atoms with van der Waals surface area (Å²) in [5.74, 6) is 0.0952. The van der Waals surface area contributed by atoms with Crippen LogP contribution in [0.2, 0.25) is 10.0 Å². The van der Waals surface area contributed by atoms with Crippen molar-refractivity contribution in [2.45, 2.75) is 56.4 Å². The Morgan fingerprint density at radius 2 is 1.81 bits per heavy atom. The number of halogens is 2. The van der Waals surface area contributed by atoms with Gasteiger partial charge in [-0.3, -0.25) is 4.79 Å². The van der Waals surface area contributed by atoms with E-state index in [0.29, 0.717) is 37.0 Å². The second kappa shape index (κ2) is 8.68. The number of amides is 1. The molecule has 1 aromatic carbocycles. The van der Waals surface area contributed by atoms with Gasteiger partial charge in [-0.15, -0.1) is 0 Å². The monoisotopic (exact) mass is 432 g/mol. The van der Waals surface area contributed by atoms with Crippen LogP contribution in [0.15, 0.2) is 23.1 Å². The molecule has 8 heteroatoms. The highest BCUT2D eigenvalue weighted by Gasteiger charge is 2.36. The number of carbonyl (C=O) groups is 1. The van der Waals surface area contributed by atoms with Crippen LogP contribution in [-0.4, -0.2) is 49.2 Å². The second-order valence-corrected chi connectivity index (χ2v) is 10.1. The molecule has 27 heavy (non-hydrogen) atoms. The van der Waals surface area contributed by atoms with Crippen LogP contribution in [0.5, 0.6) is 0 Å². The Morgan fingerprint density at radius 3 is 2.48 bits per heavy atom. The van der Waals surface area contributed by atoms with Crippen molar-refractivity contribution in [1.29, 1.82) is 0 Å². The first-order chi connectivity index (χ1) is 12.8. The van der Waals surface area contributed by atoms with Crippen LogP contribution in [0, 0.1) is 5.92 Å². The number of benzene rings is 1. The lowest BCUT2D eigenvalue weighted by molar-refractivity contribution is -0.140. The van der Waals surface area contributed by atoms with E-state index in [1.165, 1.54) is 22.9 Å². The van der Waals surface area contributed by atoms with Gasteiger partial charge in [-0.1, -0.05) is 30.1 Å². The van der Waals surface area contributed by atoms with Crippen molar-refractivity contribution < 1.29 is 13.2 Å². The molecule has 3 rings (SSSR count). The zero-order chi connectivity index (χ0) is 19.6. The number of likely N-dealkylation sites (tertiary alicyclic amines) is 1. The number of piperidine rings is 2. The van der Waals surface area contributed by atoms with Crippen LogP contribution in [0.4, 0.5) is 0 Å². The van der Waals surface area contributed by atoms with E-state index in [-0.39, 0.29) is 21.7 Å². The molecule has 2 aliphatic rings. The van der Waals surface area contributed by atoms with E-state index in [4.69, 9.17) is 23.2 Å². The molecule has 0 spiro atoms. The van der Waals surface area contributed by atoms with Gasteiger partial charge >= 0.3 is 0 Å². The lowest BCUT2D eigenvalue weighted by atomic mass is 9.92. The summed E-state index contributed by atoms with van der Waals surface area (Å²) in [6.45, 7) is 3.60. The van der Waals surface area contributed by atoms with Gasteiger partial charge in [0.2, 0.25) is 15.9 Å². The summed E-state index contributed by atoms with van der Waals surface area (Å²) >= 11 is 12.0. The van der Waals surface area contributed by atoms with Gasteiger partial charge < -0.3 is 4.90 Å². The van der Waals surface area contributed by atoms with Gasteiger partial charge in [0, 0.05) is 36.6 Å². The summed E-state index contributed by atoms with van der Waals surface area (Å²) in [6, 6.07) is 4.78. The van der Waals surface area contributed by atoms with Crippen LogP contribution in [0.1, 0.15) is 45.4 Å². The first kappa shape index (κ1) is 20.9. The third kappa shape index (κ3) is 4.44. The van der Waals surface area contributed by atoms with Crippen LogP contribution in [-0.2, 0) is 14.8 Å². The average molecular weight is 433 g/mol. The van der Waals surface area contributed by atoms with E-state index in [1.54, 1.807) is 6.07 Å². The molecule has 1 amide bonds. The molecule has 5 nitrogen and oxygen atoms in total. The molecule has 0 aliphatic carbocycles. The predicted octanol–water partition coefficient (Wildman–Crippen LogP) is 4.19. The minimum absolute atomic E-state index is 0.0310. The predicted molar refractivity (Wildman–Crippen MR) is 108 cm³/mol. The molecule has 1 unspecified atom stereocenters. The second-order valence-electron chi connectivity index (χ2n) is 7.34. The van der Waals surface area contributed by atoms with Crippen molar-refractivity contribution in [3.8, 4) is 0 Å². The molecule has 0 N–H and O–H groups in total. The van der Waals surface area contributed by atoms with Gasteiger partial charge in [-0.25, -0.2) is 8.42 Å². The average Bonchev–Trinajstić information content (AvgIpc) is 2.69. The molecule has 2 aliphatic heterocycles. The highest BCUT2D eigenvalue weighted by atomic mass is 35.5. The summed E-state index contributed by atoms with van der Waals surface area (Å²) < 4.78 is 27.3. The summed E-state index contributed by atoms with van der Waals surface area (Å²) in [5, 5.41) is 0.496. The minimum atomic E-state index is -3.71. The minimum Gasteiger partial charge on any atom is -0.339 e. The zero-order valence-electron chi connectivity index (χ0n) is 15.5. The van der Waals surface area contributed by atoms with E-state index in [2.05, 4.69) is 6.92 Å². The molecular formula is C19H26Cl2N2O3S. The maximum Gasteiger partial charge on any atom is 0.244 e. The lowest BCUT2D eigenvalue weighted by Gasteiger charge is -2.39. The Morgan fingerprint density at radius 1 is 1.11 bits per heavy atom. The smallest absolute Gasteiger partial charge is 0.244 e. The molecule has 2 fully saturated rings. The highest BCUT2D eigenvalue weighted by molar-refractivity contribution is 7.89. The van der Waals surface area contributed by atoms with Crippen molar-refractivity contribution >= 4 is 39.1 Å². The van der Waals surface area contributed by atoms with Gasteiger partial charge in [0.25, 0.3) is 0 Å². The quantitative estimate of drug-likeness (QED) is 0.716. The number of hydrogen-bond acceptors (Lipinski definition) is 3. The Kier molecular flexibility index (Phi) is 6.72. The molecule has 0 radical (unpaired) electrons. The highest BCUT2D eigenvalue weighted by Crippen LogP contribution is 2.31. The van der Waals surface area contributed by atoms with Crippen molar-refractivity contribution in [1.82, 2.24) is 9.21 Å². The third-order valence-electron chi connectivity index (χ3n) is 5.70. The number of sulfonamides is 1. The first-order valence-corrected chi connectivity index (χ1v) is 11.8. The molecular weight excluding hydrogens is 407 g/mol. The Bertz CT molecular complexity index is 792. The molecule has 1 atom stereocenters. The third-order valence-corrected chi connectivity index (χ3v) is 8.31. The van der Waals surface area contributed by atoms with E-state index in [9.17, 15) is 13.2 Å². The van der Waals surface area contributed by atoms with Gasteiger partial charge in [0.05, 0.1) is 5.02 Å². The SMILES string of the molecule is CCC1CCCCN1C(=O)C1CCN(S(=O)(=O)c2cc(Cl)ccc2Cl)CC1. The standard InChI is InChI=1S/C19H26Cl2N2O3S/c1-2-16-5-3-4-10-23(16)19(24)14-8-11-22(12-9-14)27(25,26)18-13-15(20)6-7-17(18)21/h6-7,13-14,16H,2-5,8-12H2,1H3. The van der Waals surface area contributed by atoms with Gasteiger partial charge in [0.15, 0.2) is 0 Å². The summed E-state index contributed by atoms with van der Waals surface area (Å²) in [6.07, 6.45) is 5.38. The first-order valence-electron chi connectivity index (χ1n) is 9.60. The Labute approximate surface area is 171 Å². The number of carbonyl (C=O) groups excluding carboxylic acids is 1. The van der Waals surface area contributed by atoms with Crippen molar-refractivity contribution in [2.24, 2.45) is 5.92 Å². The summed E-state index contributed by atoms with van der Waals surface area (Å²) in [7, 11) is -3.71. The van der Waals surface area contributed by atoms with E-state index >= 15 is 0 Å². The van der Waals surface area contributed by atoms with Crippen LogP contribution in [0.3, 0.4) is 0 Å². The zero-order valence-corrected chi connectivity index (χ0v) is 17.9. The number of rotatable bonds is 4. The Balaban J connectivity index is 1.68. The number of nitrogens with zero attached hydrogens (tertiary/aromatic N) is 2. The summed E-state index contributed by atoms with van der Waals surface area (Å²) in [4.78, 5) is 15.0. The summed E-state index contributed by atoms with van der Waals surface area (Å²) in [5.41, 5.74) is 0. The van der Waals surface area contributed by atoms with E-state index in [1.807, 2.05) is 4.90 Å². The van der Waals surface area contributed by atoms with E-state index < -0.39 is 10.0 Å². The molecule has 0 saturated carbocycles. The molecule has 2 heterocycles. The van der Waals surface area contributed by atoms with Crippen molar-refractivity contribution in [2.75, 3.05) is 19.6 Å². The molecule has 0 bridgehead atoms. The lowest BCUT2D eigenvalue weighted by Crippen LogP contribution is -2.49. The van der Waals surface area contributed by atoms with Gasteiger partial charge in [0.1, 0.15) is 4.90 Å². The topological polar surface area (TPSA) is 57.7 Å². The maximum absolute atomic E-state index is 13.0. The fraction of sp³-hybridized carbons (Fsp3) is 0.632. The van der Waals surface area contributed by atoms with Crippen LogP contribution in [0.25, 0.3) is 0 Å². The molecule has 0 aromatic heterocycles. The van der Waals surface area contributed by atoms with Crippen LogP contribution >= 0.6 is 23.2 Å². The fourth-order valence-electron chi connectivity index (χ4n) is 4.11. The molecule has 150 valence electrons. The van der Waals surface area contributed by atoms with Gasteiger partial charge in [-0.2, -0.15) is 4.31 Å². The maximum atomic E-state index is 13.0. The molecule has 2 saturated heterocycles. The largest absolute Gasteiger partial charge is 0.339 e. The van der Waals surface area contributed by atoms with Crippen LogP contribution < -0.4 is 0 Å². The van der Waals surface area contributed by atoms with Crippen molar-refractivity contribution in [3.63, 3.8) is 0 Å². The Hall–Kier alpha value is -0.820. The van der Waals surface area contributed by atoms with Gasteiger partial charge in [-0.05, 0) is 56.7 Å². The number of hydrogen-bond donors (Lipinski definition) is 0. The van der Waals surface area contributed by atoms with E-state index in [0.717, 1.165) is 25.8 Å². The molecule has 1 aromatic rings.